The number of alkyl halides is 3. The van der Waals surface area contributed by atoms with E-state index in [4.69, 9.17) is 0 Å². The Morgan fingerprint density at radius 2 is 1.64 bits per heavy atom. The van der Waals surface area contributed by atoms with E-state index in [1.54, 1.807) is 6.20 Å². The van der Waals surface area contributed by atoms with Crippen molar-refractivity contribution in [1.82, 2.24) is 4.98 Å². The smallest absolute Gasteiger partial charge is 0.358 e. The van der Waals surface area contributed by atoms with Gasteiger partial charge in [-0.05, 0) is 31.2 Å². The quantitative estimate of drug-likeness (QED) is 0.480. The van der Waals surface area contributed by atoms with E-state index in [0.717, 1.165) is 45.7 Å². The predicted molar refractivity (Wildman–Crippen MR) is 103 cm³/mol. The third kappa shape index (κ3) is 3.45. The molecule has 142 valence electrons. The second-order valence-electron chi connectivity index (χ2n) is 6.68. The first-order chi connectivity index (χ1) is 13.4. The summed E-state index contributed by atoms with van der Waals surface area (Å²) in [6.45, 7) is 1.98. The van der Waals surface area contributed by atoms with E-state index >= 15 is 0 Å². The van der Waals surface area contributed by atoms with Gasteiger partial charge in [-0.3, -0.25) is 5.32 Å². The summed E-state index contributed by atoms with van der Waals surface area (Å²) in [6, 6.07) is 18.6. The van der Waals surface area contributed by atoms with Crippen LogP contribution in [-0.4, -0.2) is 4.98 Å². The van der Waals surface area contributed by atoms with Gasteiger partial charge in [0, 0.05) is 33.8 Å². The van der Waals surface area contributed by atoms with E-state index in [1.165, 1.54) is 12.1 Å². The van der Waals surface area contributed by atoms with Crippen molar-refractivity contribution in [2.45, 2.75) is 19.1 Å². The van der Waals surface area contributed by atoms with Crippen LogP contribution in [0.2, 0.25) is 0 Å². The summed E-state index contributed by atoms with van der Waals surface area (Å²) in [5.41, 5.74) is 3.06. The topological polar surface area (TPSA) is 42.0 Å². The normalized spacial score (nSPS) is 12.9. The van der Waals surface area contributed by atoms with Gasteiger partial charge < -0.3 is 4.98 Å². The molecule has 3 N–H and O–H groups in total. The lowest BCUT2D eigenvalue weighted by atomic mass is 9.95. The minimum atomic E-state index is -4.36. The van der Waals surface area contributed by atoms with Crippen molar-refractivity contribution in [2.24, 2.45) is 0 Å². The summed E-state index contributed by atoms with van der Waals surface area (Å²) in [6.07, 6.45) is -2.56. The van der Waals surface area contributed by atoms with Gasteiger partial charge in [0.2, 0.25) is 0 Å². The number of nitrogens with one attached hydrogen (secondary N) is 3. The first kappa shape index (κ1) is 18.1. The van der Waals surface area contributed by atoms with Crippen LogP contribution < -0.4 is 10.3 Å². The van der Waals surface area contributed by atoms with E-state index in [2.05, 4.69) is 15.3 Å². The molecule has 0 fully saturated rings. The molecule has 0 amide bonds. The minimum Gasteiger partial charge on any atom is -0.358 e. The number of fused-ring (bicyclic) bond motifs is 1. The van der Waals surface area contributed by atoms with Crippen molar-refractivity contribution < 1.29 is 18.2 Å². The van der Waals surface area contributed by atoms with Gasteiger partial charge in [0.25, 0.3) is 5.82 Å². The van der Waals surface area contributed by atoms with Gasteiger partial charge in [-0.2, -0.15) is 13.2 Å². The van der Waals surface area contributed by atoms with Crippen LogP contribution in [0.1, 0.15) is 28.4 Å². The standard InChI is InChI=1S/C22H18F3N3/c1-14-20(17-6-2-3-7-18(17)27-14)21(28-19-8-4-5-13-26-19)15-9-11-16(12-10-15)22(23,24)25/h2-13,21,27H,1H3,(H,26,28)/p+1/t21-/m1/s1. The fraction of sp³-hybridized carbons (Fsp3) is 0.136. The molecule has 0 radical (unpaired) electrons. The third-order valence-electron chi connectivity index (χ3n) is 4.81. The Labute approximate surface area is 160 Å². The molecule has 2 aromatic heterocycles. The van der Waals surface area contributed by atoms with Crippen LogP contribution in [0.5, 0.6) is 0 Å². The SMILES string of the molecule is Cc1[nH]c2ccccc2c1[C@H](Nc1cccc[nH+]1)c1ccc(C(F)(F)F)cc1. The second-order valence-corrected chi connectivity index (χ2v) is 6.68. The number of aromatic nitrogens is 2. The van der Waals surface area contributed by atoms with Crippen LogP contribution in [0.3, 0.4) is 0 Å². The fourth-order valence-corrected chi connectivity index (χ4v) is 3.50. The van der Waals surface area contributed by atoms with Crippen LogP contribution in [0.25, 0.3) is 10.9 Å². The Balaban J connectivity index is 1.83. The zero-order valence-electron chi connectivity index (χ0n) is 15.1. The minimum absolute atomic E-state index is 0.322. The van der Waals surface area contributed by atoms with Gasteiger partial charge in [-0.1, -0.05) is 36.4 Å². The lowest BCUT2D eigenvalue weighted by Crippen LogP contribution is -2.19. The third-order valence-corrected chi connectivity index (χ3v) is 4.81. The summed E-state index contributed by atoms with van der Waals surface area (Å²) >= 11 is 0. The lowest BCUT2D eigenvalue weighted by molar-refractivity contribution is -0.361. The number of H-pyrrole nitrogens is 2. The number of benzene rings is 2. The summed E-state index contributed by atoms with van der Waals surface area (Å²) in [5, 5.41) is 4.47. The van der Waals surface area contributed by atoms with Crippen molar-refractivity contribution in [3.8, 4) is 0 Å². The number of aryl methyl sites for hydroxylation is 1. The Kier molecular flexibility index (Phi) is 4.55. The zero-order valence-corrected chi connectivity index (χ0v) is 15.1. The fourth-order valence-electron chi connectivity index (χ4n) is 3.50. The number of anilines is 1. The summed E-state index contributed by atoms with van der Waals surface area (Å²) in [5.74, 6) is 0.775. The molecule has 0 aliphatic carbocycles. The Hall–Kier alpha value is -3.28. The number of pyridine rings is 1. The van der Waals surface area contributed by atoms with Gasteiger partial charge in [0.05, 0.1) is 11.8 Å². The molecular formula is C22H19F3N3+. The van der Waals surface area contributed by atoms with E-state index in [0.29, 0.717) is 0 Å². The van der Waals surface area contributed by atoms with Crippen molar-refractivity contribution in [3.63, 3.8) is 0 Å². The molecule has 2 aromatic carbocycles. The molecule has 0 aliphatic rings. The highest BCUT2D eigenvalue weighted by atomic mass is 19.4. The summed E-state index contributed by atoms with van der Waals surface area (Å²) in [7, 11) is 0. The van der Waals surface area contributed by atoms with Gasteiger partial charge in [-0.15, -0.1) is 0 Å². The van der Waals surface area contributed by atoms with E-state index in [1.807, 2.05) is 49.4 Å². The molecule has 0 bridgehead atoms. The lowest BCUT2D eigenvalue weighted by Gasteiger charge is -2.17. The maximum atomic E-state index is 13.0. The van der Waals surface area contributed by atoms with Crippen LogP contribution in [-0.2, 0) is 6.18 Å². The monoisotopic (exact) mass is 382 g/mol. The molecule has 0 saturated carbocycles. The highest BCUT2D eigenvalue weighted by Gasteiger charge is 2.31. The second kappa shape index (κ2) is 7.03. The molecule has 6 heteroatoms. The number of hydrogen-bond donors (Lipinski definition) is 2. The largest absolute Gasteiger partial charge is 0.416 e. The van der Waals surface area contributed by atoms with Crippen LogP contribution in [0, 0.1) is 6.92 Å². The van der Waals surface area contributed by atoms with Gasteiger partial charge in [-0.25, -0.2) is 4.98 Å². The van der Waals surface area contributed by atoms with Gasteiger partial charge in [0.15, 0.2) is 0 Å². The van der Waals surface area contributed by atoms with Crippen LogP contribution in [0.4, 0.5) is 19.0 Å². The van der Waals surface area contributed by atoms with E-state index in [9.17, 15) is 13.2 Å². The average molecular weight is 382 g/mol. The first-order valence-corrected chi connectivity index (χ1v) is 8.91. The van der Waals surface area contributed by atoms with Crippen LogP contribution >= 0.6 is 0 Å². The number of hydrogen-bond acceptors (Lipinski definition) is 1. The molecule has 2 heterocycles. The molecule has 3 nitrogen and oxygen atoms in total. The average Bonchev–Trinajstić information content (AvgIpc) is 3.02. The van der Waals surface area contributed by atoms with E-state index in [-0.39, 0.29) is 6.04 Å². The molecule has 1 atom stereocenters. The molecule has 0 aliphatic heterocycles. The van der Waals surface area contributed by atoms with E-state index < -0.39 is 11.7 Å². The summed E-state index contributed by atoms with van der Waals surface area (Å²) < 4.78 is 39.0. The highest BCUT2D eigenvalue weighted by molar-refractivity contribution is 5.86. The maximum Gasteiger partial charge on any atom is 0.416 e. The number of halogens is 3. The Bertz CT molecular complexity index is 1080. The molecular weight excluding hydrogens is 363 g/mol. The summed E-state index contributed by atoms with van der Waals surface area (Å²) in [4.78, 5) is 6.50. The van der Waals surface area contributed by atoms with Crippen molar-refractivity contribution in [2.75, 3.05) is 5.32 Å². The first-order valence-electron chi connectivity index (χ1n) is 8.91. The molecule has 0 saturated heterocycles. The number of para-hydroxylation sites is 1. The van der Waals surface area contributed by atoms with Crippen molar-refractivity contribution in [3.05, 3.63) is 95.3 Å². The van der Waals surface area contributed by atoms with Gasteiger partial charge >= 0.3 is 6.18 Å². The van der Waals surface area contributed by atoms with Crippen molar-refractivity contribution in [1.29, 1.82) is 0 Å². The van der Waals surface area contributed by atoms with Gasteiger partial charge in [0.1, 0.15) is 6.04 Å². The highest BCUT2D eigenvalue weighted by Crippen LogP contribution is 2.35. The number of rotatable bonds is 4. The predicted octanol–water partition coefficient (Wildman–Crippen LogP) is 5.51. The zero-order chi connectivity index (χ0) is 19.7. The molecule has 4 rings (SSSR count). The van der Waals surface area contributed by atoms with Crippen LogP contribution in [0.15, 0.2) is 72.9 Å². The number of aromatic amines is 2. The molecule has 0 unspecified atom stereocenters. The Morgan fingerprint density at radius 3 is 2.32 bits per heavy atom. The Morgan fingerprint density at radius 1 is 0.929 bits per heavy atom. The molecule has 4 aromatic rings. The van der Waals surface area contributed by atoms with Crippen molar-refractivity contribution >= 4 is 16.7 Å². The maximum absolute atomic E-state index is 13.0. The molecule has 28 heavy (non-hydrogen) atoms. The molecule has 0 spiro atoms.